The second kappa shape index (κ2) is 5.05. The second-order valence-corrected chi connectivity index (χ2v) is 6.67. The molecule has 1 heterocycles. The van der Waals surface area contributed by atoms with E-state index in [2.05, 4.69) is 9.71 Å². The highest BCUT2D eigenvalue weighted by molar-refractivity contribution is 7.92. The number of rotatable bonds is 3. The summed E-state index contributed by atoms with van der Waals surface area (Å²) in [4.78, 5) is 4.21. The van der Waals surface area contributed by atoms with Gasteiger partial charge in [0.25, 0.3) is 10.0 Å². The van der Waals surface area contributed by atoms with E-state index in [0.29, 0.717) is 16.1 Å². The van der Waals surface area contributed by atoms with Crippen molar-refractivity contribution in [1.82, 2.24) is 4.98 Å². The minimum Gasteiger partial charge on any atom is -0.423 e. The number of benzene rings is 2. The Morgan fingerprint density at radius 3 is 2.57 bits per heavy atom. The van der Waals surface area contributed by atoms with Crippen LogP contribution in [0.4, 0.5) is 6.01 Å². The summed E-state index contributed by atoms with van der Waals surface area (Å²) in [6, 6.07) is 11.2. The monoisotopic (exact) mass is 322 g/mol. The first-order valence-corrected chi connectivity index (χ1v) is 7.96. The molecule has 7 heteroatoms. The number of nitrogens with one attached hydrogen (secondary N) is 1. The van der Waals surface area contributed by atoms with Gasteiger partial charge in [0.05, 0.1) is 4.90 Å². The molecule has 0 aliphatic rings. The summed E-state index contributed by atoms with van der Waals surface area (Å²) in [5, 5.41) is 0.464. The molecule has 3 rings (SSSR count). The summed E-state index contributed by atoms with van der Waals surface area (Å²) >= 11 is 5.74. The van der Waals surface area contributed by atoms with Gasteiger partial charge >= 0.3 is 6.01 Å². The molecule has 0 aliphatic heterocycles. The number of aromatic nitrogens is 1. The number of sulfonamides is 1. The zero-order valence-corrected chi connectivity index (χ0v) is 12.6. The van der Waals surface area contributed by atoms with Crippen molar-refractivity contribution in [1.29, 1.82) is 0 Å². The number of oxazole rings is 1. The summed E-state index contributed by atoms with van der Waals surface area (Å²) < 4.78 is 32.1. The number of aryl methyl sites for hydroxylation is 1. The van der Waals surface area contributed by atoms with Gasteiger partial charge in [-0.05, 0) is 48.9 Å². The molecule has 0 fully saturated rings. The molecule has 3 aromatic rings. The molecule has 0 radical (unpaired) electrons. The summed E-state index contributed by atoms with van der Waals surface area (Å²) in [5.41, 5.74) is 2.14. The first kappa shape index (κ1) is 13.9. The fourth-order valence-electron chi connectivity index (χ4n) is 1.87. The van der Waals surface area contributed by atoms with Crippen LogP contribution in [-0.2, 0) is 10.0 Å². The van der Waals surface area contributed by atoms with Gasteiger partial charge in [0.15, 0.2) is 5.58 Å². The van der Waals surface area contributed by atoms with Crippen molar-refractivity contribution in [3.63, 3.8) is 0 Å². The number of anilines is 1. The van der Waals surface area contributed by atoms with E-state index in [-0.39, 0.29) is 10.9 Å². The molecule has 0 saturated heterocycles. The van der Waals surface area contributed by atoms with E-state index in [1.54, 1.807) is 6.07 Å². The standard InChI is InChI=1S/C14H11ClN2O3S/c1-9-2-7-13-12(8-9)16-14(20-13)17-21(18,19)11-5-3-10(15)4-6-11/h2-8H,1H3,(H,16,17). The Labute approximate surface area is 126 Å². The lowest BCUT2D eigenvalue weighted by Crippen LogP contribution is -2.12. The average Bonchev–Trinajstić information content (AvgIpc) is 2.79. The first-order valence-electron chi connectivity index (χ1n) is 6.10. The van der Waals surface area contributed by atoms with Gasteiger partial charge in [-0.3, -0.25) is 0 Å². The van der Waals surface area contributed by atoms with Crippen molar-refractivity contribution in [3.8, 4) is 0 Å². The number of hydrogen-bond acceptors (Lipinski definition) is 4. The molecule has 1 aromatic heterocycles. The fraction of sp³-hybridized carbons (Fsp3) is 0.0714. The molecule has 0 bridgehead atoms. The van der Waals surface area contributed by atoms with Gasteiger partial charge in [0.2, 0.25) is 0 Å². The van der Waals surface area contributed by atoms with Crippen LogP contribution in [0, 0.1) is 6.92 Å². The van der Waals surface area contributed by atoms with Gasteiger partial charge in [0.1, 0.15) is 5.52 Å². The highest BCUT2D eigenvalue weighted by Gasteiger charge is 2.17. The quantitative estimate of drug-likeness (QED) is 0.799. The molecule has 108 valence electrons. The Bertz CT molecular complexity index is 902. The topological polar surface area (TPSA) is 72.2 Å². The minimum absolute atomic E-state index is 0.0643. The maximum Gasteiger partial charge on any atom is 0.309 e. The highest BCUT2D eigenvalue weighted by atomic mass is 35.5. The van der Waals surface area contributed by atoms with Gasteiger partial charge in [-0.1, -0.05) is 17.7 Å². The molecular weight excluding hydrogens is 312 g/mol. The van der Waals surface area contributed by atoms with Gasteiger partial charge in [-0.2, -0.15) is 4.98 Å². The second-order valence-electron chi connectivity index (χ2n) is 4.55. The SMILES string of the molecule is Cc1ccc2oc(NS(=O)(=O)c3ccc(Cl)cc3)nc2c1. The summed E-state index contributed by atoms with van der Waals surface area (Å²) in [6.45, 7) is 1.92. The zero-order chi connectivity index (χ0) is 15.0. The van der Waals surface area contributed by atoms with Gasteiger partial charge < -0.3 is 4.42 Å². The molecule has 0 spiro atoms. The lowest BCUT2D eigenvalue weighted by molar-refractivity contribution is 0.591. The number of hydrogen-bond donors (Lipinski definition) is 1. The normalized spacial score (nSPS) is 11.7. The molecule has 5 nitrogen and oxygen atoms in total. The van der Waals surface area contributed by atoms with Crippen LogP contribution >= 0.6 is 11.6 Å². The molecule has 0 amide bonds. The van der Waals surface area contributed by atoms with Gasteiger partial charge in [-0.15, -0.1) is 0 Å². The van der Waals surface area contributed by atoms with E-state index < -0.39 is 10.0 Å². The maximum atomic E-state index is 12.2. The first-order chi connectivity index (χ1) is 9.94. The van der Waals surface area contributed by atoms with Crippen molar-refractivity contribution in [2.24, 2.45) is 0 Å². The van der Waals surface area contributed by atoms with Crippen LogP contribution in [0.1, 0.15) is 5.56 Å². The summed E-state index contributed by atoms with van der Waals surface area (Å²) in [5.74, 6) is 0. The van der Waals surface area contributed by atoms with Crippen LogP contribution < -0.4 is 4.72 Å². The molecule has 1 N–H and O–H groups in total. The number of fused-ring (bicyclic) bond motifs is 1. The molecule has 0 unspecified atom stereocenters. The van der Waals surface area contributed by atoms with Crippen molar-refractivity contribution >= 4 is 38.7 Å². The van der Waals surface area contributed by atoms with E-state index in [1.807, 2.05) is 19.1 Å². The van der Waals surface area contributed by atoms with E-state index in [4.69, 9.17) is 16.0 Å². The van der Waals surface area contributed by atoms with Crippen LogP contribution in [0.25, 0.3) is 11.1 Å². The van der Waals surface area contributed by atoms with Crippen LogP contribution in [0.3, 0.4) is 0 Å². The maximum absolute atomic E-state index is 12.2. The van der Waals surface area contributed by atoms with Crippen molar-refractivity contribution < 1.29 is 12.8 Å². The van der Waals surface area contributed by atoms with E-state index >= 15 is 0 Å². The molecule has 0 aliphatic carbocycles. The van der Waals surface area contributed by atoms with Crippen molar-refractivity contribution in [2.75, 3.05) is 4.72 Å². The molecular formula is C14H11ClN2O3S. The van der Waals surface area contributed by atoms with E-state index in [9.17, 15) is 8.42 Å². The fourth-order valence-corrected chi connectivity index (χ4v) is 2.92. The summed E-state index contributed by atoms with van der Waals surface area (Å²) in [7, 11) is -3.75. The van der Waals surface area contributed by atoms with Crippen LogP contribution in [0.5, 0.6) is 0 Å². The van der Waals surface area contributed by atoms with E-state index in [0.717, 1.165) is 5.56 Å². The Morgan fingerprint density at radius 1 is 1.14 bits per heavy atom. The average molecular weight is 323 g/mol. The lowest BCUT2D eigenvalue weighted by Gasteiger charge is -2.03. The predicted octanol–water partition coefficient (Wildman–Crippen LogP) is 3.59. The van der Waals surface area contributed by atoms with Crippen LogP contribution in [0.15, 0.2) is 51.8 Å². The smallest absolute Gasteiger partial charge is 0.309 e. The Balaban J connectivity index is 1.95. The van der Waals surface area contributed by atoms with Gasteiger partial charge in [0, 0.05) is 5.02 Å². The highest BCUT2D eigenvalue weighted by Crippen LogP contribution is 2.22. The number of nitrogens with zero attached hydrogens (tertiary/aromatic N) is 1. The molecule has 0 saturated carbocycles. The number of halogens is 1. The van der Waals surface area contributed by atoms with Crippen molar-refractivity contribution in [3.05, 3.63) is 53.1 Å². The largest absolute Gasteiger partial charge is 0.423 e. The Morgan fingerprint density at radius 2 is 1.86 bits per heavy atom. The molecule has 2 aromatic carbocycles. The minimum atomic E-state index is -3.75. The van der Waals surface area contributed by atoms with E-state index in [1.165, 1.54) is 24.3 Å². The predicted molar refractivity (Wildman–Crippen MR) is 81.0 cm³/mol. The third-order valence-corrected chi connectivity index (χ3v) is 4.48. The molecule has 0 atom stereocenters. The third kappa shape index (κ3) is 2.86. The summed E-state index contributed by atoms with van der Waals surface area (Å²) in [6.07, 6.45) is 0. The Kier molecular flexibility index (Phi) is 3.35. The zero-order valence-electron chi connectivity index (χ0n) is 11.0. The van der Waals surface area contributed by atoms with Crippen LogP contribution in [0.2, 0.25) is 5.02 Å². The van der Waals surface area contributed by atoms with Crippen molar-refractivity contribution in [2.45, 2.75) is 11.8 Å². The van der Waals surface area contributed by atoms with Gasteiger partial charge in [-0.25, -0.2) is 13.1 Å². The lowest BCUT2D eigenvalue weighted by atomic mass is 10.2. The molecule has 21 heavy (non-hydrogen) atoms. The van der Waals surface area contributed by atoms with Crippen LogP contribution in [-0.4, -0.2) is 13.4 Å². The third-order valence-electron chi connectivity index (χ3n) is 2.89. The Hall–Kier alpha value is -2.05.